The summed E-state index contributed by atoms with van der Waals surface area (Å²) in [4.78, 5) is 16.3. The summed E-state index contributed by atoms with van der Waals surface area (Å²) in [5, 5.41) is 10.7. The largest absolute Gasteiger partial charge is 0.385 e. The Balaban J connectivity index is 1.74. The number of thioether (sulfide) groups is 1. The van der Waals surface area contributed by atoms with Crippen molar-refractivity contribution in [2.75, 3.05) is 13.7 Å². The van der Waals surface area contributed by atoms with Crippen molar-refractivity contribution in [3.63, 3.8) is 0 Å². The predicted molar refractivity (Wildman–Crippen MR) is 98.0 cm³/mol. The van der Waals surface area contributed by atoms with Crippen LogP contribution in [0.25, 0.3) is 11.4 Å². The highest BCUT2D eigenvalue weighted by atomic mass is 32.2. The molecule has 0 aliphatic heterocycles. The van der Waals surface area contributed by atoms with Crippen LogP contribution in [-0.2, 0) is 11.3 Å². The summed E-state index contributed by atoms with van der Waals surface area (Å²) in [7, 11) is 1.61. The van der Waals surface area contributed by atoms with Crippen LogP contribution in [0.15, 0.2) is 32.7 Å². The van der Waals surface area contributed by atoms with E-state index in [1.807, 2.05) is 6.92 Å². The zero-order valence-electron chi connectivity index (χ0n) is 15.2. The van der Waals surface area contributed by atoms with Crippen LogP contribution in [0.1, 0.15) is 30.0 Å². The van der Waals surface area contributed by atoms with Crippen LogP contribution in [-0.4, -0.2) is 38.6 Å². The minimum absolute atomic E-state index is 0.238. The normalized spacial score (nSPS) is 12.4. The first-order valence-corrected chi connectivity index (χ1v) is 9.28. The molecule has 2 aromatic heterocycles. The molecule has 1 unspecified atom stereocenters. The maximum Gasteiger partial charge on any atom is 0.343 e. The zero-order chi connectivity index (χ0) is 19.4. The molecule has 27 heavy (non-hydrogen) atoms. The van der Waals surface area contributed by atoms with E-state index in [4.69, 9.17) is 9.26 Å². The number of hydrogen-bond donors (Lipinski definition) is 1. The zero-order valence-corrected chi connectivity index (χ0v) is 16.0. The van der Waals surface area contributed by atoms with Crippen molar-refractivity contribution in [1.82, 2.24) is 24.9 Å². The molecule has 0 saturated carbocycles. The van der Waals surface area contributed by atoms with Gasteiger partial charge in [0.2, 0.25) is 11.7 Å². The lowest BCUT2D eigenvalue weighted by Crippen LogP contribution is -2.18. The van der Waals surface area contributed by atoms with E-state index in [0.29, 0.717) is 47.6 Å². The molecule has 2 heterocycles. The molecule has 0 amide bonds. The third kappa shape index (κ3) is 4.45. The molecule has 1 N–H and O–H groups in total. The van der Waals surface area contributed by atoms with E-state index in [0.717, 1.165) is 0 Å². The van der Waals surface area contributed by atoms with Gasteiger partial charge in [0.1, 0.15) is 5.82 Å². The quantitative estimate of drug-likeness (QED) is 0.464. The summed E-state index contributed by atoms with van der Waals surface area (Å²) in [5.41, 5.74) is 0.820. The maximum atomic E-state index is 13.7. The highest BCUT2D eigenvalue weighted by molar-refractivity contribution is 7.99. The topological polar surface area (TPSA) is 98.8 Å². The van der Waals surface area contributed by atoms with Crippen LogP contribution in [0, 0.1) is 12.7 Å². The number of nitrogens with zero attached hydrogens (tertiary/aromatic N) is 4. The first-order valence-electron chi connectivity index (χ1n) is 8.40. The van der Waals surface area contributed by atoms with Crippen molar-refractivity contribution in [3.05, 3.63) is 46.0 Å². The number of halogens is 1. The Bertz CT molecular complexity index is 968. The fourth-order valence-corrected chi connectivity index (χ4v) is 3.33. The molecule has 1 atom stereocenters. The third-order valence-corrected chi connectivity index (χ3v) is 5.03. The van der Waals surface area contributed by atoms with Crippen LogP contribution < -0.4 is 5.69 Å². The molecule has 0 aliphatic rings. The second-order valence-electron chi connectivity index (χ2n) is 5.99. The molecule has 0 bridgehead atoms. The van der Waals surface area contributed by atoms with Gasteiger partial charge in [-0.15, -0.1) is 5.10 Å². The van der Waals surface area contributed by atoms with Gasteiger partial charge in [0, 0.05) is 25.8 Å². The van der Waals surface area contributed by atoms with Crippen LogP contribution >= 0.6 is 11.8 Å². The molecule has 0 saturated heterocycles. The number of rotatable bonds is 8. The highest BCUT2D eigenvalue weighted by Gasteiger charge is 2.20. The van der Waals surface area contributed by atoms with Gasteiger partial charge in [-0.25, -0.2) is 14.3 Å². The number of H-pyrrole nitrogens is 1. The molecule has 8 nitrogen and oxygen atoms in total. The molecular weight excluding hydrogens is 373 g/mol. The Morgan fingerprint density at radius 2 is 2.26 bits per heavy atom. The number of nitrogens with one attached hydrogen (secondary N) is 1. The highest BCUT2D eigenvalue weighted by Crippen LogP contribution is 2.33. The van der Waals surface area contributed by atoms with E-state index in [1.165, 1.54) is 17.8 Å². The smallest absolute Gasteiger partial charge is 0.343 e. The van der Waals surface area contributed by atoms with Gasteiger partial charge in [-0.05, 0) is 31.9 Å². The van der Waals surface area contributed by atoms with E-state index in [2.05, 4.69) is 20.3 Å². The van der Waals surface area contributed by atoms with E-state index in [1.54, 1.807) is 30.7 Å². The fourth-order valence-electron chi connectivity index (χ4n) is 2.42. The van der Waals surface area contributed by atoms with Crippen molar-refractivity contribution < 1.29 is 13.7 Å². The van der Waals surface area contributed by atoms with Gasteiger partial charge < -0.3 is 9.26 Å². The number of aryl methyl sites for hydroxylation is 1. The Hall–Kier alpha value is -2.46. The maximum absolute atomic E-state index is 13.7. The first kappa shape index (κ1) is 19.3. The van der Waals surface area contributed by atoms with Gasteiger partial charge in [-0.2, -0.15) is 4.98 Å². The SMILES string of the molecule is COCCCn1c(SC(C)c2nc(-c3ccc(C)c(F)c3)no2)n[nH]c1=O. The molecule has 3 rings (SSSR count). The molecule has 0 fully saturated rings. The summed E-state index contributed by atoms with van der Waals surface area (Å²) >= 11 is 1.33. The van der Waals surface area contributed by atoms with E-state index >= 15 is 0 Å². The van der Waals surface area contributed by atoms with Gasteiger partial charge in [0.25, 0.3) is 0 Å². The first-order chi connectivity index (χ1) is 13.0. The van der Waals surface area contributed by atoms with Gasteiger partial charge in [0.15, 0.2) is 5.16 Å². The number of methoxy groups -OCH3 is 1. The fraction of sp³-hybridized carbons (Fsp3) is 0.412. The average Bonchev–Trinajstić information content (AvgIpc) is 3.26. The van der Waals surface area contributed by atoms with E-state index in [9.17, 15) is 9.18 Å². The number of benzene rings is 1. The molecular formula is C17H20FN5O3S. The molecule has 10 heteroatoms. The number of hydrogen-bond acceptors (Lipinski definition) is 7. The lowest BCUT2D eigenvalue weighted by atomic mass is 10.1. The Kier molecular flexibility index (Phi) is 6.07. The summed E-state index contributed by atoms with van der Waals surface area (Å²) in [6.07, 6.45) is 0.696. The minimum atomic E-state index is -0.321. The molecule has 0 spiro atoms. The lowest BCUT2D eigenvalue weighted by molar-refractivity contribution is 0.189. The Morgan fingerprint density at radius 3 is 3.00 bits per heavy atom. The second-order valence-corrected chi connectivity index (χ2v) is 7.30. The minimum Gasteiger partial charge on any atom is -0.385 e. The van der Waals surface area contributed by atoms with Crippen molar-refractivity contribution in [2.24, 2.45) is 0 Å². The summed E-state index contributed by atoms with van der Waals surface area (Å²) < 4.78 is 25.6. The van der Waals surface area contributed by atoms with Crippen molar-refractivity contribution >= 4 is 11.8 Å². The van der Waals surface area contributed by atoms with E-state index < -0.39 is 0 Å². The molecule has 3 aromatic rings. The number of ether oxygens (including phenoxy) is 1. The number of aromatic amines is 1. The molecule has 1 aromatic carbocycles. The molecule has 144 valence electrons. The van der Waals surface area contributed by atoms with Crippen LogP contribution in [0.2, 0.25) is 0 Å². The summed E-state index contributed by atoms with van der Waals surface area (Å²) in [6.45, 7) is 4.61. The summed E-state index contributed by atoms with van der Waals surface area (Å²) in [5.74, 6) is 0.364. The average molecular weight is 393 g/mol. The van der Waals surface area contributed by atoms with Gasteiger partial charge >= 0.3 is 5.69 Å². The van der Waals surface area contributed by atoms with E-state index in [-0.39, 0.29) is 16.8 Å². The van der Waals surface area contributed by atoms with Gasteiger partial charge in [0.05, 0.1) is 5.25 Å². The Labute approximate surface area is 159 Å². The van der Waals surface area contributed by atoms with Crippen LogP contribution in [0.4, 0.5) is 4.39 Å². The Morgan fingerprint density at radius 1 is 1.44 bits per heavy atom. The van der Waals surface area contributed by atoms with Gasteiger partial charge in [-0.1, -0.05) is 29.1 Å². The van der Waals surface area contributed by atoms with Gasteiger partial charge in [-0.3, -0.25) is 4.57 Å². The molecule has 0 aliphatic carbocycles. The lowest BCUT2D eigenvalue weighted by Gasteiger charge is -2.07. The van der Waals surface area contributed by atoms with Crippen molar-refractivity contribution in [3.8, 4) is 11.4 Å². The van der Waals surface area contributed by atoms with Crippen LogP contribution in [0.3, 0.4) is 0 Å². The summed E-state index contributed by atoms with van der Waals surface area (Å²) in [6, 6.07) is 4.79. The standard InChI is InChI=1S/C17H20FN5O3S/c1-10-5-6-12(9-13(10)18)14-19-15(26-22-14)11(2)27-17-21-20-16(24)23(17)7-4-8-25-3/h5-6,9,11H,4,7-8H2,1-3H3,(H,20,24). The monoisotopic (exact) mass is 393 g/mol. The molecule has 0 radical (unpaired) electrons. The number of aromatic nitrogens is 5. The van der Waals surface area contributed by atoms with Crippen LogP contribution in [0.5, 0.6) is 0 Å². The predicted octanol–water partition coefficient (Wildman–Crippen LogP) is 2.96. The van der Waals surface area contributed by atoms with Crippen molar-refractivity contribution in [1.29, 1.82) is 0 Å². The second kappa shape index (κ2) is 8.49. The third-order valence-electron chi connectivity index (χ3n) is 3.96. The van der Waals surface area contributed by atoms with Crippen molar-refractivity contribution in [2.45, 2.75) is 37.2 Å².